The maximum atomic E-state index is 13.8. The normalized spacial score (nSPS) is 16.0. The van der Waals surface area contributed by atoms with Crippen molar-refractivity contribution in [1.29, 1.82) is 0 Å². The van der Waals surface area contributed by atoms with E-state index in [0.717, 1.165) is 12.1 Å². The number of anilines is 1. The van der Waals surface area contributed by atoms with Gasteiger partial charge in [0.15, 0.2) is 17.4 Å². The van der Waals surface area contributed by atoms with E-state index >= 15 is 0 Å². The van der Waals surface area contributed by atoms with Crippen molar-refractivity contribution < 1.29 is 28.2 Å². The largest absolute Gasteiger partial charge is 0.434 e. The number of aromatic amines is 1. The fourth-order valence-electron chi connectivity index (χ4n) is 4.33. The Labute approximate surface area is 222 Å². The highest BCUT2D eigenvalue weighted by atomic mass is 19.1. The first-order chi connectivity index (χ1) is 18.5. The van der Waals surface area contributed by atoms with Crippen molar-refractivity contribution >= 4 is 17.6 Å². The Morgan fingerprint density at radius 1 is 1.21 bits per heavy atom. The molecule has 1 atom stereocenters. The molecule has 1 saturated heterocycles. The highest BCUT2D eigenvalue weighted by Gasteiger charge is 2.39. The van der Waals surface area contributed by atoms with E-state index in [2.05, 4.69) is 20.3 Å². The maximum Gasteiger partial charge on any atom is 0.255 e. The number of carbonyl (C=O) groups excluding carboxylic acids is 2. The van der Waals surface area contributed by atoms with Crippen molar-refractivity contribution in [2.24, 2.45) is 0 Å². The van der Waals surface area contributed by atoms with Crippen molar-refractivity contribution in [3.05, 3.63) is 76.0 Å². The first-order valence-corrected chi connectivity index (χ1v) is 12.1. The third kappa shape index (κ3) is 6.26. The highest BCUT2D eigenvalue weighted by Crippen LogP contribution is 2.26. The van der Waals surface area contributed by atoms with Gasteiger partial charge in [0.1, 0.15) is 5.82 Å². The summed E-state index contributed by atoms with van der Waals surface area (Å²) < 4.78 is 32.1. The molecular formula is C26H28F2N6O5. The van der Waals surface area contributed by atoms with Crippen LogP contribution in [0.15, 0.2) is 47.7 Å². The molecule has 4 rings (SSSR count). The SMILES string of the molecule is C[C@@H](C(=O)Nc1cnc(Oc2ccc(F)cc2F)cn1)N1CCN(C(=O)c2c[nH]c(=O)c(CO)c2)C(C)(C)C1. The number of piperazine rings is 1. The Balaban J connectivity index is 1.36. The van der Waals surface area contributed by atoms with Gasteiger partial charge in [-0.3, -0.25) is 19.3 Å². The van der Waals surface area contributed by atoms with Crippen molar-refractivity contribution in [1.82, 2.24) is 24.8 Å². The first-order valence-electron chi connectivity index (χ1n) is 12.1. The van der Waals surface area contributed by atoms with Crippen LogP contribution in [0.2, 0.25) is 0 Å². The lowest BCUT2D eigenvalue weighted by Gasteiger charge is -2.48. The van der Waals surface area contributed by atoms with Crippen LogP contribution < -0.4 is 15.6 Å². The van der Waals surface area contributed by atoms with Gasteiger partial charge >= 0.3 is 0 Å². The van der Waals surface area contributed by atoms with Crippen molar-refractivity contribution in [2.75, 3.05) is 25.0 Å². The van der Waals surface area contributed by atoms with E-state index in [1.54, 1.807) is 11.8 Å². The fourth-order valence-corrected chi connectivity index (χ4v) is 4.33. The van der Waals surface area contributed by atoms with Crippen LogP contribution in [-0.4, -0.2) is 72.9 Å². The molecule has 1 aromatic carbocycles. The zero-order chi connectivity index (χ0) is 28.3. The van der Waals surface area contributed by atoms with Crippen LogP contribution in [0.3, 0.4) is 0 Å². The predicted octanol–water partition coefficient (Wildman–Crippen LogP) is 2.29. The first kappa shape index (κ1) is 27.8. The van der Waals surface area contributed by atoms with Gasteiger partial charge < -0.3 is 25.0 Å². The third-order valence-electron chi connectivity index (χ3n) is 6.49. The number of carbonyl (C=O) groups is 2. The molecule has 3 heterocycles. The second-order valence-electron chi connectivity index (χ2n) is 9.72. The standard InChI is InChI=1S/C26H28F2N6O5/c1-15(23(36)32-21-11-30-22(12-29-21)39-20-5-4-18(27)9-19(20)28)33-6-7-34(26(2,3)14-33)25(38)16-8-17(13-35)24(37)31-10-16/h4-5,8-12,15,35H,6-7,13-14H2,1-3H3,(H,31,37)(H,29,32,36)/t15-/m0/s1. The zero-order valence-corrected chi connectivity index (χ0v) is 21.6. The number of aliphatic hydroxyl groups is 1. The summed E-state index contributed by atoms with van der Waals surface area (Å²) in [6.45, 7) is 6.17. The van der Waals surface area contributed by atoms with Crippen molar-refractivity contribution in [2.45, 2.75) is 39.0 Å². The molecule has 0 saturated carbocycles. The number of hydrogen-bond donors (Lipinski definition) is 3. The van der Waals surface area contributed by atoms with Crippen LogP contribution in [-0.2, 0) is 11.4 Å². The molecule has 3 aromatic rings. The van der Waals surface area contributed by atoms with Gasteiger partial charge in [0.25, 0.3) is 11.5 Å². The maximum absolute atomic E-state index is 13.8. The summed E-state index contributed by atoms with van der Waals surface area (Å²) >= 11 is 0. The van der Waals surface area contributed by atoms with Crippen LogP contribution in [0.4, 0.5) is 14.6 Å². The molecule has 0 unspecified atom stereocenters. The Hall–Kier alpha value is -4.23. The van der Waals surface area contributed by atoms with E-state index in [0.29, 0.717) is 25.7 Å². The molecule has 1 aliphatic rings. The second kappa shape index (κ2) is 11.3. The fraction of sp³-hybridized carbons (Fsp3) is 0.346. The summed E-state index contributed by atoms with van der Waals surface area (Å²) in [6, 6.07) is 3.68. The lowest BCUT2D eigenvalue weighted by Crippen LogP contribution is -2.63. The number of pyridine rings is 1. The number of nitrogens with zero attached hydrogens (tertiary/aromatic N) is 4. The Bertz CT molecular complexity index is 1430. The van der Waals surface area contributed by atoms with Gasteiger partial charge in [-0.15, -0.1) is 0 Å². The molecular weight excluding hydrogens is 514 g/mol. The van der Waals surface area contributed by atoms with Crippen molar-refractivity contribution in [3.8, 4) is 11.6 Å². The number of aliphatic hydroxyl groups excluding tert-OH is 1. The molecule has 2 amide bonds. The molecule has 206 valence electrons. The molecule has 1 aliphatic heterocycles. The summed E-state index contributed by atoms with van der Waals surface area (Å²) in [6.07, 6.45) is 3.79. The summed E-state index contributed by atoms with van der Waals surface area (Å²) in [7, 11) is 0. The van der Waals surface area contributed by atoms with E-state index in [1.165, 1.54) is 24.7 Å². The van der Waals surface area contributed by atoms with Crippen LogP contribution >= 0.6 is 0 Å². The number of halogens is 2. The van der Waals surface area contributed by atoms with Crippen LogP contribution in [0, 0.1) is 11.6 Å². The van der Waals surface area contributed by atoms with Crippen molar-refractivity contribution in [3.63, 3.8) is 0 Å². The molecule has 39 heavy (non-hydrogen) atoms. The Morgan fingerprint density at radius 3 is 2.62 bits per heavy atom. The van der Waals surface area contributed by atoms with Gasteiger partial charge in [-0.2, -0.15) is 0 Å². The van der Waals surface area contributed by atoms with Gasteiger partial charge in [0.2, 0.25) is 11.8 Å². The smallest absolute Gasteiger partial charge is 0.255 e. The number of aromatic nitrogens is 3. The van der Waals surface area contributed by atoms with Crippen LogP contribution in [0.5, 0.6) is 11.6 Å². The van der Waals surface area contributed by atoms with Gasteiger partial charge in [-0.1, -0.05) is 0 Å². The van der Waals surface area contributed by atoms with Gasteiger partial charge in [0, 0.05) is 37.5 Å². The average Bonchev–Trinajstić information content (AvgIpc) is 2.90. The molecule has 0 spiro atoms. The molecule has 2 aromatic heterocycles. The number of hydrogen-bond acceptors (Lipinski definition) is 8. The van der Waals surface area contributed by atoms with E-state index in [9.17, 15) is 28.3 Å². The number of ether oxygens (including phenoxy) is 1. The summed E-state index contributed by atoms with van der Waals surface area (Å²) in [4.78, 5) is 52.0. The zero-order valence-electron chi connectivity index (χ0n) is 21.6. The molecule has 0 aliphatic carbocycles. The van der Waals surface area contributed by atoms with Gasteiger partial charge in [-0.25, -0.2) is 18.7 Å². The molecule has 1 fully saturated rings. The minimum Gasteiger partial charge on any atom is -0.434 e. The lowest BCUT2D eigenvalue weighted by atomic mass is 9.96. The van der Waals surface area contributed by atoms with E-state index in [-0.39, 0.29) is 40.4 Å². The third-order valence-corrected chi connectivity index (χ3v) is 6.49. The number of rotatable bonds is 7. The topological polar surface area (TPSA) is 141 Å². The quantitative estimate of drug-likeness (QED) is 0.413. The van der Waals surface area contributed by atoms with Crippen LogP contribution in [0.1, 0.15) is 36.7 Å². The molecule has 11 nitrogen and oxygen atoms in total. The summed E-state index contributed by atoms with van der Waals surface area (Å²) in [5.41, 5.74) is -0.730. The second-order valence-corrected chi connectivity index (χ2v) is 9.72. The molecule has 13 heteroatoms. The van der Waals surface area contributed by atoms with Crippen LogP contribution in [0.25, 0.3) is 0 Å². The molecule has 3 N–H and O–H groups in total. The van der Waals surface area contributed by atoms with E-state index in [4.69, 9.17) is 4.74 Å². The number of H-pyrrole nitrogens is 1. The average molecular weight is 543 g/mol. The van der Waals surface area contributed by atoms with Gasteiger partial charge in [0.05, 0.1) is 36.1 Å². The molecule has 0 radical (unpaired) electrons. The Morgan fingerprint density at radius 2 is 1.97 bits per heavy atom. The number of nitrogens with one attached hydrogen (secondary N) is 2. The molecule has 0 bridgehead atoms. The predicted molar refractivity (Wildman–Crippen MR) is 136 cm³/mol. The minimum atomic E-state index is -0.888. The Kier molecular flexibility index (Phi) is 8.02. The lowest BCUT2D eigenvalue weighted by molar-refractivity contribution is -0.122. The highest BCUT2D eigenvalue weighted by molar-refractivity contribution is 5.95. The number of benzene rings is 1. The van der Waals surface area contributed by atoms with E-state index < -0.39 is 35.4 Å². The minimum absolute atomic E-state index is 0.0392. The number of amides is 2. The monoisotopic (exact) mass is 542 g/mol. The van der Waals surface area contributed by atoms with Gasteiger partial charge in [-0.05, 0) is 39.0 Å². The summed E-state index contributed by atoms with van der Waals surface area (Å²) in [5, 5.41) is 12.0. The summed E-state index contributed by atoms with van der Waals surface area (Å²) in [5.74, 6) is -2.36. The van der Waals surface area contributed by atoms with E-state index in [1.807, 2.05) is 18.7 Å².